The van der Waals surface area contributed by atoms with Crippen LogP contribution >= 0.6 is 0 Å². The Balaban J connectivity index is 1.25. The number of H-pyrrole nitrogens is 1. The van der Waals surface area contributed by atoms with Gasteiger partial charge in [-0.15, -0.1) is 0 Å². The molecule has 5 unspecified atom stereocenters. The normalized spacial score (nSPS) is 40.2. The molecule has 2 aliphatic heterocycles. The molecule has 3 saturated carbocycles. The second-order valence-electron chi connectivity index (χ2n) is 11.6. The fourth-order valence-corrected chi connectivity index (χ4v) is 14.1. The number of benzene rings is 1. The van der Waals surface area contributed by atoms with Crippen molar-refractivity contribution in [3.63, 3.8) is 0 Å². The van der Waals surface area contributed by atoms with Gasteiger partial charge in [0.2, 0.25) is 0 Å². The molecule has 8 rings (SSSR count). The number of amides is 1. The summed E-state index contributed by atoms with van der Waals surface area (Å²) < 4.78 is 2.95. The van der Waals surface area contributed by atoms with Crippen LogP contribution in [0.15, 0.2) is 47.3 Å². The molecule has 34 heavy (non-hydrogen) atoms. The minimum atomic E-state index is -0.401. The number of aromatic nitrogens is 1. The Hall–Kier alpha value is -1.67. The number of likely N-dealkylation sites (tertiary alicyclic amines) is 1. The molecular weight excluding hydrogens is 537 g/mol. The number of carbonyl (C=O) groups is 1. The summed E-state index contributed by atoms with van der Waals surface area (Å²) in [5.41, 5.74) is 4.16. The van der Waals surface area contributed by atoms with Crippen molar-refractivity contribution in [3.8, 4) is 0 Å². The number of nitrogens with one attached hydrogen (secondary N) is 1. The van der Waals surface area contributed by atoms with E-state index in [1.807, 2.05) is 0 Å². The van der Waals surface area contributed by atoms with Crippen molar-refractivity contribution in [3.05, 3.63) is 69.6 Å². The average molecular weight is 568 g/mol. The van der Waals surface area contributed by atoms with Crippen molar-refractivity contribution in [1.82, 2.24) is 13.0 Å². The topological polar surface area (TPSA) is 56.4 Å². The standard InChI is InChI=1S/C28H31IN3O2/c33-24-10-4-9-21(30-24)26(34)32-22-11-12-27-16-20(29-32)25(22)28(27)13-14-31(18-6-3-7-18)23(27)15-17-5-1-2-8-19(17)28/h1-2,4-5,8-10,18,20,22-23,25H,3,6-7,11-16H2,(H,30,33)/q-1/t20-,22?,23?,25?,27?,28?/m0/s1. The quantitative estimate of drug-likeness (QED) is 0.326. The van der Waals surface area contributed by atoms with Gasteiger partial charge in [-0.25, -0.2) is 0 Å². The van der Waals surface area contributed by atoms with Crippen LogP contribution < -0.4 is 27.0 Å². The molecule has 4 aliphatic carbocycles. The molecule has 5 fully saturated rings. The summed E-state index contributed by atoms with van der Waals surface area (Å²) in [7, 11) is 0. The van der Waals surface area contributed by atoms with E-state index in [0.29, 0.717) is 33.0 Å². The first-order valence-electron chi connectivity index (χ1n) is 13.1. The summed E-state index contributed by atoms with van der Waals surface area (Å²) >= 11 is -0.401. The third-order valence-electron chi connectivity index (χ3n) is 10.7. The van der Waals surface area contributed by atoms with E-state index in [1.165, 1.54) is 57.6 Å². The van der Waals surface area contributed by atoms with Gasteiger partial charge in [0.15, 0.2) is 0 Å². The van der Waals surface area contributed by atoms with E-state index in [2.05, 4.69) is 37.3 Å². The van der Waals surface area contributed by atoms with E-state index >= 15 is 0 Å². The van der Waals surface area contributed by atoms with Crippen LogP contribution in [0.1, 0.15) is 66.6 Å². The van der Waals surface area contributed by atoms with E-state index in [-0.39, 0.29) is 16.9 Å². The summed E-state index contributed by atoms with van der Waals surface area (Å²) in [6.07, 6.45) is 10.4. The van der Waals surface area contributed by atoms with Crippen molar-refractivity contribution in [1.29, 1.82) is 0 Å². The van der Waals surface area contributed by atoms with E-state index < -0.39 is 21.5 Å². The van der Waals surface area contributed by atoms with Crippen molar-refractivity contribution in [2.24, 2.45) is 11.3 Å². The third kappa shape index (κ3) is 2.35. The Bertz CT molecular complexity index is 1260. The fourth-order valence-electron chi connectivity index (χ4n) is 9.40. The Kier molecular flexibility index (Phi) is 4.20. The van der Waals surface area contributed by atoms with Crippen LogP contribution in [0.25, 0.3) is 0 Å². The van der Waals surface area contributed by atoms with Crippen LogP contribution in [0.4, 0.5) is 0 Å². The first-order chi connectivity index (χ1) is 16.6. The van der Waals surface area contributed by atoms with Crippen LogP contribution in [0.5, 0.6) is 0 Å². The van der Waals surface area contributed by atoms with Gasteiger partial charge < -0.3 is 0 Å². The van der Waals surface area contributed by atoms with Crippen molar-refractivity contribution < 1.29 is 26.3 Å². The molecule has 6 heteroatoms. The Labute approximate surface area is 210 Å². The summed E-state index contributed by atoms with van der Waals surface area (Å²) in [5, 5.41) is 0. The van der Waals surface area contributed by atoms with Crippen LogP contribution in [0, 0.1) is 11.3 Å². The number of nitrogens with zero attached hydrogens (tertiary/aromatic N) is 2. The Morgan fingerprint density at radius 3 is 2.76 bits per heavy atom. The zero-order valence-electron chi connectivity index (χ0n) is 19.4. The van der Waals surface area contributed by atoms with Gasteiger partial charge in [-0.05, 0) is 0 Å². The van der Waals surface area contributed by atoms with Gasteiger partial charge in [0.25, 0.3) is 0 Å². The monoisotopic (exact) mass is 568 g/mol. The maximum absolute atomic E-state index is 13.7. The van der Waals surface area contributed by atoms with E-state index in [9.17, 15) is 9.59 Å². The molecule has 6 aliphatic rings. The molecule has 0 radical (unpaired) electrons. The zero-order chi connectivity index (χ0) is 22.7. The number of halogens is 1. The summed E-state index contributed by atoms with van der Waals surface area (Å²) in [5.74, 6) is 0.669. The minimum absolute atomic E-state index is 0.0707. The first-order valence-corrected chi connectivity index (χ1v) is 15.3. The summed E-state index contributed by atoms with van der Waals surface area (Å²) in [4.78, 5) is 31.4. The number of carbonyl (C=O) groups excluding carboxylic acids is 1. The molecule has 6 atom stereocenters. The number of rotatable bonds is 2. The molecule has 1 aromatic heterocycles. The molecule has 1 N–H and O–H groups in total. The predicted molar refractivity (Wildman–Crippen MR) is 125 cm³/mol. The summed E-state index contributed by atoms with van der Waals surface area (Å²) in [6.45, 7) is 1.24. The van der Waals surface area contributed by atoms with Gasteiger partial charge in [0.1, 0.15) is 0 Å². The number of hydrogen-bond donors (Lipinski definition) is 1. The predicted octanol–water partition coefficient (Wildman–Crippen LogP) is 0.493. The molecule has 2 aromatic rings. The van der Waals surface area contributed by atoms with E-state index in [1.54, 1.807) is 23.3 Å². The average Bonchev–Trinajstić information content (AvgIpc) is 3.25. The van der Waals surface area contributed by atoms with E-state index in [0.717, 1.165) is 12.5 Å². The van der Waals surface area contributed by atoms with Crippen LogP contribution in [-0.2, 0) is 11.8 Å². The van der Waals surface area contributed by atoms with Gasteiger partial charge in [-0.3, -0.25) is 0 Å². The number of fused-ring (bicyclic) bond motifs is 1. The van der Waals surface area contributed by atoms with Crippen LogP contribution in [0.3, 0.4) is 0 Å². The molecule has 1 aromatic carbocycles. The van der Waals surface area contributed by atoms with Gasteiger partial charge in [0.05, 0.1) is 0 Å². The molecule has 2 saturated heterocycles. The molecule has 3 heterocycles. The van der Waals surface area contributed by atoms with Crippen molar-refractivity contribution in [2.75, 3.05) is 6.54 Å². The molecule has 0 spiro atoms. The number of aromatic amines is 1. The van der Waals surface area contributed by atoms with Crippen molar-refractivity contribution in [2.45, 2.75) is 78.8 Å². The number of pyridine rings is 1. The van der Waals surface area contributed by atoms with Gasteiger partial charge in [0, 0.05) is 0 Å². The molecule has 1 amide bonds. The Morgan fingerprint density at radius 2 is 1.94 bits per heavy atom. The second-order valence-corrected chi connectivity index (χ2v) is 14.8. The SMILES string of the molecule is O=C(c1cccc(=O)[nH]1)N1[I-][C@H]2CC34CCC1C2C31CCN(C2CCC2)C4Cc2ccccc21. The number of hydrogen-bond acceptors (Lipinski definition) is 3. The van der Waals surface area contributed by atoms with Gasteiger partial charge in [-0.2, -0.15) is 0 Å². The maximum atomic E-state index is 13.7. The number of alkyl halides is 1. The third-order valence-corrected chi connectivity index (χ3v) is 14.4. The molecule has 5 nitrogen and oxygen atoms in total. The fraction of sp³-hybridized carbons (Fsp3) is 0.571. The second kappa shape index (κ2) is 6.96. The van der Waals surface area contributed by atoms with Gasteiger partial charge >= 0.3 is 212 Å². The first kappa shape index (κ1) is 20.5. The molecular formula is C28H31IN3O2-. The van der Waals surface area contributed by atoms with Crippen LogP contribution in [0.2, 0.25) is 0 Å². The molecule has 4 bridgehead atoms. The van der Waals surface area contributed by atoms with Crippen molar-refractivity contribution >= 4 is 5.91 Å². The molecule has 178 valence electrons. The summed E-state index contributed by atoms with van der Waals surface area (Å²) in [6, 6.07) is 16.2. The van der Waals surface area contributed by atoms with Crippen LogP contribution in [-0.4, -0.2) is 47.5 Å². The van der Waals surface area contributed by atoms with Gasteiger partial charge in [-0.1, -0.05) is 0 Å². The Morgan fingerprint density at radius 1 is 1.06 bits per heavy atom. The number of piperidine rings is 1. The van der Waals surface area contributed by atoms with E-state index in [4.69, 9.17) is 0 Å². The zero-order valence-corrected chi connectivity index (χ0v) is 21.5.